The van der Waals surface area contributed by atoms with Crippen LogP contribution in [0.4, 0.5) is 5.69 Å². The van der Waals surface area contributed by atoms with Gasteiger partial charge in [-0.25, -0.2) is 4.79 Å². The Morgan fingerprint density at radius 2 is 1.78 bits per heavy atom. The van der Waals surface area contributed by atoms with E-state index in [4.69, 9.17) is 14.2 Å². The molecule has 0 aliphatic rings. The minimum absolute atomic E-state index is 0.0918. The first kappa shape index (κ1) is 23.0. The fraction of sp³-hybridized carbons (Fsp3) is 0.619. The van der Waals surface area contributed by atoms with E-state index in [9.17, 15) is 9.59 Å². The van der Waals surface area contributed by atoms with Gasteiger partial charge in [-0.1, -0.05) is 13.8 Å². The molecule has 6 nitrogen and oxygen atoms in total. The van der Waals surface area contributed by atoms with Gasteiger partial charge in [-0.15, -0.1) is 0 Å². The van der Waals surface area contributed by atoms with E-state index in [-0.39, 0.29) is 24.2 Å². The minimum Gasteiger partial charge on any atom is -0.490 e. The van der Waals surface area contributed by atoms with Crippen LogP contribution in [0.15, 0.2) is 18.2 Å². The zero-order valence-corrected chi connectivity index (χ0v) is 17.5. The Labute approximate surface area is 162 Å². The van der Waals surface area contributed by atoms with Crippen LogP contribution in [-0.4, -0.2) is 36.8 Å². The zero-order chi connectivity index (χ0) is 20.6. The topological polar surface area (TPSA) is 73.9 Å². The molecule has 1 aromatic carbocycles. The molecule has 1 unspecified atom stereocenters. The average molecular weight is 379 g/mol. The van der Waals surface area contributed by atoms with Gasteiger partial charge in [0.15, 0.2) is 0 Å². The largest absolute Gasteiger partial charge is 0.490 e. The molecular formula is C21H33NO5. The molecule has 0 saturated heterocycles. The third kappa shape index (κ3) is 6.86. The van der Waals surface area contributed by atoms with Crippen LogP contribution in [0.3, 0.4) is 0 Å². The second-order valence-electron chi connectivity index (χ2n) is 7.31. The molecule has 0 radical (unpaired) electrons. The average Bonchev–Trinajstić information content (AvgIpc) is 2.55. The van der Waals surface area contributed by atoms with Crippen LogP contribution in [0, 0.1) is 5.92 Å². The smallest absolute Gasteiger partial charge is 0.341 e. The molecule has 0 heterocycles. The summed E-state index contributed by atoms with van der Waals surface area (Å²) >= 11 is 0. The predicted octanol–water partition coefficient (Wildman–Crippen LogP) is 4.43. The Morgan fingerprint density at radius 3 is 2.30 bits per heavy atom. The Kier molecular flexibility index (Phi) is 8.76. The maximum absolute atomic E-state index is 12.8. The molecule has 1 amide bonds. The predicted molar refractivity (Wildman–Crippen MR) is 106 cm³/mol. The van der Waals surface area contributed by atoms with E-state index in [0.29, 0.717) is 30.4 Å². The van der Waals surface area contributed by atoms with Crippen LogP contribution in [-0.2, 0) is 14.3 Å². The number of rotatable bonds is 10. The highest BCUT2D eigenvalue weighted by Crippen LogP contribution is 2.27. The van der Waals surface area contributed by atoms with E-state index in [0.717, 1.165) is 0 Å². The Bertz CT molecular complexity index is 641. The van der Waals surface area contributed by atoms with Crippen LogP contribution in [0.5, 0.6) is 5.75 Å². The normalized spacial score (nSPS) is 13.4. The molecule has 1 atom stereocenters. The summed E-state index contributed by atoms with van der Waals surface area (Å²) in [6.07, 6.45) is 0.497. The van der Waals surface area contributed by atoms with Gasteiger partial charge in [0.1, 0.15) is 16.9 Å². The molecule has 0 aliphatic heterocycles. The second-order valence-corrected chi connectivity index (χ2v) is 7.31. The first-order valence-corrected chi connectivity index (χ1v) is 9.56. The number of nitrogens with one attached hydrogen (secondary N) is 1. The summed E-state index contributed by atoms with van der Waals surface area (Å²) in [5.74, 6) is -0.00945. The Balaban J connectivity index is 3.13. The lowest BCUT2D eigenvalue weighted by Crippen LogP contribution is -2.44. The monoisotopic (exact) mass is 379 g/mol. The lowest BCUT2D eigenvalue weighted by molar-refractivity contribution is -0.140. The van der Waals surface area contributed by atoms with Gasteiger partial charge >= 0.3 is 5.97 Å². The Morgan fingerprint density at radius 1 is 1.11 bits per heavy atom. The lowest BCUT2D eigenvalue weighted by atomic mass is 9.93. The van der Waals surface area contributed by atoms with Gasteiger partial charge < -0.3 is 19.5 Å². The summed E-state index contributed by atoms with van der Waals surface area (Å²) in [5.41, 5.74) is -0.167. The number of hydrogen-bond donors (Lipinski definition) is 1. The molecule has 152 valence electrons. The van der Waals surface area contributed by atoms with Crippen LogP contribution < -0.4 is 10.1 Å². The first-order valence-electron chi connectivity index (χ1n) is 9.56. The maximum Gasteiger partial charge on any atom is 0.341 e. The quantitative estimate of drug-likeness (QED) is 0.609. The van der Waals surface area contributed by atoms with Crippen molar-refractivity contribution < 1.29 is 23.8 Å². The second kappa shape index (κ2) is 10.3. The van der Waals surface area contributed by atoms with Gasteiger partial charge in [0.05, 0.1) is 12.7 Å². The van der Waals surface area contributed by atoms with Crippen LogP contribution in [0.2, 0.25) is 0 Å². The van der Waals surface area contributed by atoms with E-state index in [1.165, 1.54) is 0 Å². The number of carbonyl (C=O) groups excluding carboxylic acids is 2. The molecule has 0 fully saturated rings. The van der Waals surface area contributed by atoms with Crippen molar-refractivity contribution in [1.29, 1.82) is 0 Å². The number of amides is 1. The van der Waals surface area contributed by atoms with E-state index in [1.807, 2.05) is 34.6 Å². The molecule has 6 heteroatoms. The molecule has 0 spiro atoms. The molecule has 27 heavy (non-hydrogen) atoms. The van der Waals surface area contributed by atoms with Crippen LogP contribution >= 0.6 is 0 Å². The minimum atomic E-state index is -0.944. The van der Waals surface area contributed by atoms with Crippen molar-refractivity contribution in [3.05, 3.63) is 23.8 Å². The number of anilines is 1. The standard InChI is InChI=1S/C21H33NO5/c1-8-25-19(23)17-12-16(10-11-18(17)27-15(5)6)22-20(24)21(7,26-9-2)13-14(3)4/h10-12,14-15H,8-9,13H2,1-7H3,(H,22,24). The highest BCUT2D eigenvalue weighted by Gasteiger charge is 2.35. The van der Waals surface area contributed by atoms with Crippen molar-refractivity contribution in [1.82, 2.24) is 0 Å². The summed E-state index contributed by atoms with van der Waals surface area (Å²) in [7, 11) is 0. The van der Waals surface area contributed by atoms with Gasteiger partial charge in [-0.3, -0.25) is 4.79 Å². The Hall–Kier alpha value is -2.08. The highest BCUT2D eigenvalue weighted by molar-refractivity contribution is 5.99. The molecule has 0 aliphatic carbocycles. The fourth-order valence-electron chi connectivity index (χ4n) is 2.91. The van der Waals surface area contributed by atoms with Crippen molar-refractivity contribution in [3.63, 3.8) is 0 Å². The SMILES string of the molecule is CCOC(=O)c1cc(NC(=O)C(C)(CC(C)C)OCC)ccc1OC(C)C. The highest BCUT2D eigenvalue weighted by atomic mass is 16.5. The zero-order valence-electron chi connectivity index (χ0n) is 17.5. The molecular weight excluding hydrogens is 346 g/mol. The molecule has 1 aromatic rings. The maximum atomic E-state index is 12.8. The van der Waals surface area contributed by atoms with Gasteiger partial charge in [0, 0.05) is 12.3 Å². The molecule has 0 bridgehead atoms. The van der Waals surface area contributed by atoms with Crippen molar-refractivity contribution in [3.8, 4) is 5.75 Å². The lowest BCUT2D eigenvalue weighted by Gasteiger charge is -2.30. The molecule has 1 rings (SSSR count). The van der Waals surface area contributed by atoms with E-state index in [2.05, 4.69) is 5.32 Å². The van der Waals surface area contributed by atoms with Crippen molar-refractivity contribution in [2.24, 2.45) is 5.92 Å². The summed E-state index contributed by atoms with van der Waals surface area (Å²) in [6, 6.07) is 4.96. The number of ether oxygens (including phenoxy) is 3. The van der Waals surface area contributed by atoms with E-state index < -0.39 is 11.6 Å². The first-order chi connectivity index (χ1) is 12.6. The van der Waals surface area contributed by atoms with E-state index >= 15 is 0 Å². The van der Waals surface area contributed by atoms with Crippen molar-refractivity contribution in [2.45, 2.75) is 66.6 Å². The van der Waals surface area contributed by atoms with Crippen molar-refractivity contribution >= 4 is 17.6 Å². The van der Waals surface area contributed by atoms with Crippen LogP contribution in [0.25, 0.3) is 0 Å². The van der Waals surface area contributed by atoms with Crippen LogP contribution in [0.1, 0.15) is 65.2 Å². The van der Waals surface area contributed by atoms with Gasteiger partial charge in [0.2, 0.25) is 0 Å². The summed E-state index contributed by atoms with van der Waals surface area (Å²) in [6.45, 7) is 13.9. The third-order valence-electron chi connectivity index (χ3n) is 3.84. The molecule has 0 aromatic heterocycles. The van der Waals surface area contributed by atoms with Crippen molar-refractivity contribution in [2.75, 3.05) is 18.5 Å². The fourth-order valence-corrected chi connectivity index (χ4v) is 2.91. The van der Waals surface area contributed by atoms with Gasteiger partial charge in [0.25, 0.3) is 5.91 Å². The third-order valence-corrected chi connectivity index (χ3v) is 3.84. The summed E-state index contributed by atoms with van der Waals surface area (Å²) in [5, 5.41) is 2.86. The number of hydrogen-bond acceptors (Lipinski definition) is 5. The number of carbonyl (C=O) groups is 2. The number of esters is 1. The summed E-state index contributed by atoms with van der Waals surface area (Å²) < 4.78 is 16.5. The van der Waals surface area contributed by atoms with Gasteiger partial charge in [-0.05, 0) is 65.2 Å². The molecule has 0 saturated carbocycles. The van der Waals surface area contributed by atoms with Gasteiger partial charge in [-0.2, -0.15) is 0 Å². The molecule has 1 N–H and O–H groups in total. The number of benzene rings is 1. The summed E-state index contributed by atoms with van der Waals surface area (Å²) in [4.78, 5) is 25.1. The van der Waals surface area contributed by atoms with E-state index in [1.54, 1.807) is 32.0 Å².